The molecular formula is C21H29ClN2O3. The van der Waals surface area contributed by atoms with Gasteiger partial charge < -0.3 is 20.1 Å². The second kappa shape index (κ2) is 10.4. The van der Waals surface area contributed by atoms with E-state index in [-0.39, 0.29) is 18.3 Å². The molecule has 2 N–H and O–H groups in total. The van der Waals surface area contributed by atoms with Gasteiger partial charge in [0, 0.05) is 29.9 Å². The molecule has 0 radical (unpaired) electrons. The van der Waals surface area contributed by atoms with Crippen LogP contribution < -0.4 is 20.1 Å². The number of carbonyl (C=O) groups excluding carboxylic acids is 1. The van der Waals surface area contributed by atoms with Gasteiger partial charge in [0.2, 0.25) is 0 Å². The van der Waals surface area contributed by atoms with Gasteiger partial charge in [-0.15, -0.1) is 12.4 Å². The van der Waals surface area contributed by atoms with Crippen LogP contribution in [-0.4, -0.2) is 39.3 Å². The molecule has 0 unspecified atom stereocenters. The van der Waals surface area contributed by atoms with Crippen molar-refractivity contribution in [2.45, 2.75) is 38.1 Å². The van der Waals surface area contributed by atoms with Crippen LogP contribution in [0.15, 0.2) is 30.3 Å². The average Bonchev–Trinajstić information content (AvgIpc) is 2.70. The van der Waals surface area contributed by atoms with E-state index in [9.17, 15) is 4.79 Å². The van der Waals surface area contributed by atoms with Crippen molar-refractivity contribution in [3.8, 4) is 11.5 Å². The maximum absolute atomic E-state index is 12.7. The number of hydrogen-bond donors (Lipinski definition) is 2. The third-order valence-electron chi connectivity index (χ3n) is 5.07. The Hall–Kier alpha value is -1.98. The molecule has 3 rings (SSSR count). The summed E-state index contributed by atoms with van der Waals surface area (Å²) in [5, 5.41) is 8.34. The summed E-state index contributed by atoms with van der Waals surface area (Å²) in [6.07, 6.45) is 6.43. The first-order valence-corrected chi connectivity index (χ1v) is 9.40. The highest BCUT2D eigenvalue weighted by atomic mass is 35.5. The molecule has 0 aliphatic heterocycles. The standard InChI is InChI=1S/C21H28N2O3.ClH/c1-25-19-14-18(20(26-2)17-11-7-6-10-16(17)19)21(24)23-13-12-22-15-8-4-3-5-9-15;/h6-7,10-11,14-15,22H,3-5,8-9,12-13H2,1-2H3,(H,23,24);1H. The molecule has 0 aromatic heterocycles. The molecule has 1 amide bonds. The molecular weight excluding hydrogens is 364 g/mol. The van der Waals surface area contributed by atoms with Crippen molar-refractivity contribution in [2.24, 2.45) is 0 Å². The number of hydrogen-bond acceptors (Lipinski definition) is 4. The molecule has 1 aliphatic carbocycles. The number of nitrogens with one attached hydrogen (secondary N) is 2. The summed E-state index contributed by atoms with van der Waals surface area (Å²) in [6.45, 7) is 1.37. The molecule has 2 aromatic carbocycles. The topological polar surface area (TPSA) is 59.6 Å². The first-order chi connectivity index (χ1) is 12.7. The van der Waals surface area contributed by atoms with E-state index in [0.717, 1.165) is 17.3 Å². The van der Waals surface area contributed by atoms with Crippen molar-refractivity contribution in [3.63, 3.8) is 0 Å². The van der Waals surface area contributed by atoms with E-state index in [1.165, 1.54) is 32.1 Å². The lowest BCUT2D eigenvalue weighted by molar-refractivity contribution is 0.0950. The second-order valence-electron chi connectivity index (χ2n) is 6.75. The van der Waals surface area contributed by atoms with Crippen molar-refractivity contribution in [1.29, 1.82) is 0 Å². The molecule has 148 valence electrons. The van der Waals surface area contributed by atoms with Gasteiger partial charge in [-0.05, 0) is 18.9 Å². The van der Waals surface area contributed by atoms with Gasteiger partial charge in [-0.25, -0.2) is 0 Å². The minimum atomic E-state index is -0.142. The zero-order valence-electron chi connectivity index (χ0n) is 16.0. The zero-order chi connectivity index (χ0) is 18.4. The Kier molecular flexibility index (Phi) is 8.20. The molecule has 0 saturated heterocycles. The van der Waals surface area contributed by atoms with Gasteiger partial charge in [-0.2, -0.15) is 0 Å². The maximum atomic E-state index is 12.7. The molecule has 0 heterocycles. The number of amides is 1. The van der Waals surface area contributed by atoms with E-state index in [4.69, 9.17) is 9.47 Å². The monoisotopic (exact) mass is 392 g/mol. The molecule has 0 spiro atoms. The SMILES string of the molecule is COc1cc(C(=O)NCCNC2CCCCC2)c(OC)c2ccccc12.Cl. The smallest absolute Gasteiger partial charge is 0.255 e. The van der Waals surface area contributed by atoms with Gasteiger partial charge >= 0.3 is 0 Å². The summed E-state index contributed by atoms with van der Waals surface area (Å²) in [5.41, 5.74) is 0.501. The molecule has 0 bridgehead atoms. The van der Waals surface area contributed by atoms with Crippen molar-refractivity contribution in [1.82, 2.24) is 10.6 Å². The number of methoxy groups -OCH3 is 2. The molecule has 1 aliphatic rings. The minimum Gasteiger partial charge on any atom is -0.496 e. The van der Waals surface area contributed by atoms with Crippen LogP contribution in [-0.2, 0) is 0 Å². The molecule has 1 fully saturated rings. The fourth-order valence-corrected chi connectivity index (χ4v) is 3.73. The Morgan fingerprint density at radius 1 is 1.04 bits per heavy atom. The van der Waals surface area contributed by atoms with Crippen LogP contribution in [0.2, 0.25) is 0 Å². The predicted molar refractivity (Wildman–Crippen MR) is 112 cm³/mol. The van der Waals surface area contributed by atoms with Gasteiger partial charge in [0.05, 0.1) is 19.8 Å². The number of carbonyl (C=O) groups is 1. The highest BCUT2D eigenvalue weighted by molar-refractivity contribution is 6.06. The Morgan fingerprint density at radius 3 is 2.41 bits per heavy atom. The summed E-state index contributed by atoms with van der Waals surface area (Å²) >= 11 is 0. The third kappa shape index (κ3) is 5.05. The number of benzene rings is 2. The largest absolute Gasteiger partial charge is 0.496 e. The Morgan fingerprint density at radius 2 is 1.74 bits per heavy atom. The van der Waals surface area contributed by atoms with Crippen LogP contribution in [0.5, 0.6) is 11.5 Å². The van der Waals surface area contributed by atoms with Crippen molar-refractivity contribution >= 4 is 29.1 Å². The number of ether oxygens (including phenoxy) is 2. The zero-order valence-corrected chi connectivity index (χ0v) is 16.9. The number of rotatable bonds is 7. The Balaban J connectivity index is 0.00000261. The molecule has 27 heavy (non-hydrogen) atoms. The third-order valence-corrected chi connectivity index (χ3v) is 5.07. The highest BCUT2D eigenvalue weighted by Crippen LogP contribution is 2.36. The summed E-state index contributed by atoms with van der Waals surface area (Å²) in [4.78, 5) is 12.7. The number of halogens is 1. The van der Waals surface area contributed by atoms with E-state index in [0.29, 0.717) is 29.6 Å². The maximum Gasteiger partial charge on any atom is 0.255 e. The van der Waals surface area contributed by atoms with Crippen LogP contribution in [0.3, 0.4) is 0 Å². The van der Waals surface area contributed by atoms with Crippen LogP contribution in [0.25, 0.3) is 10.8 Å². The molecule has 2 aromatic rings. The van der Waals surface area contributed by atoms with Crippen LogP contribution in [0.1, 0.15) is 42.5 Å². The van der Waals surface area contributed by atoms with Gasteiger partial charge in [-0.3, -0.25) is 4.79 Å². The van der Waals surface area contributed by atoms with E-state index >= 15 is 0 Å². The lowest BCUT2D eigenvalue weighted by Crippen LogP contribution is -2.38. The highest BCUT2D eigenvalue weighted by Gasteiger charge is 2.19. The van der Waals surface area contributed by atoms with Crippen LogP contribution in [0, 0.1) is 0 Å². The van der Waals surface area contributed by atoms with Crippen molar-refractivity contribution in [3.05, 3.63) is 35.9 Å². The Bertz CT molecular complexity index is 760. The Labute approximate surface area is 167 Å². The molecule has 6 heteroatoms. The summed E-state index contributed by atoms with van der Waals surface area (Å²) < 4.78 is 11.0. The van der Waals surface area contributed by atoms with Gasteiger partial charge in [0.15, 0.2) is 0 Å². The van der Waals surface area contributed by atoms with Gasteiger partial charge in [0.1, 0.15) is 11.5 Å². The predicted octanol–water partition coefficient (Wildman–Crippen LogP) is 3.93. The number of fused-ring (bicyclic) bond motifs is 1. The summed E-state index contributed by atoms with van der Waals surface area (Å²) in [6, 6.07) is 10.1. The fourth-order valence-electron chi connectivity index (χ4n) is 3.73. The quantitative estimate of drug-likeness (QED) is 0.701. The molecule has 0 atom stereocenters. The van der Waals surface area contributed by atoms with Crippen molar-refractivity contribution in [2.75, 3.05) is 27.3 Å². The summed E-state index contributed by atoms with van der Waals surface area (Å²) in [7, 11) is 3.21. The first kappa shape index (κ1) is 21.3. The van der Waals surface area contributed by atoms with Gasteiger partial charge in [0.25, 0.3) is 5.91 Å². The van der Waals surface area contributed by atoms with E-state index in [1.807, 2.05) is 24.3 Å². The lowest BCUT2D eigenvalue weighted by Gasteiger charge is -2.23. The lowest BCUT2D eigenvalue weighted by atomic mass is 9.95. The normalized spacial score (nSPS) is 14.4. The van der Waals surface area contributed by atoms with E-state index < -0.39 is 0 Å². The fraction of sp³-hybridized carbons (Fsp3) is 0.476. The molecule has 5 nitrogen and oxygen atoms in total. The van der Waals surface area contributed by atoms with Crippen molar-refractivity contribution < 1.29 is 14.3 Å². The van der Waals surface area contributed by atoms with Crippen LogP contribution >= 0.6 is 12.4 Å². The minimum absolute atomic E-state index is 0. The van der Waals surface area contributed by atoms with E-state index in [1.54, 1.807) is 20.3 Å². The van der Waals surface area contributed by atoms with E-state index in [2.05, 4.69) is 10.6 Å². The second-order valence-corrected chi connectivity index (χ2v) is 6.75. The van der Waals surface area contributed by atoms with Gasteiger partial charge in [-0.1, -0.05) is 43.5 Å². The van der Waals surface area contributed by atoms with Crippen LogP contribution in [0.4, 0.5) is 0 Å². The average molecular weight is 393 g/mol. The summed E-state index contributed by atoms with van der Waals surface area (Å²) in [5.74, 6) is 1.11. The first-order valence-electron chi connectivity index (χ1n) is 9.40. The molecule has 1 saturated carbocycles.